The predicted molar refractivity (Wildman–Crippen MR) is 75.4 cm³/mol. The molecule has 0 saturated heterocycles. The summed E-state index contributed by atoms with van der Waals surface area (Å²) in [6.07, 6.45) is 0.973. The molecule has 3 N–H and O–H groups in total. The second-order valence-corrected chi connectivity index (χ2v) is 5.37. The van der Waals surface area contributed by atoms with Gasteiger partial charge in [-0.1, -0.05) is 18.2 Å². The number of aliphatic hydroxyl groups excluding tert-OH is 1. The molecule has 5 nitrogen and oxygen atoms in total. The largest absolute Gasteiger partial charge is 0.480 e. The van der Waals surface area contributed by atoms with Crippen LogP contribution in [-0.4, -0.2) is 35.4 Å². The Bertz CT molecular complexity index is 582. The van der Waals surface area contributed by atoms with E-state index in [1.807, 2.05) is 36.2 Å². The van der Waals surface area contributed by atoms with Crippen molar-refractivity contribution in [3.63, 3.8) is 0 Å². The molecule has 1 aromatic carbocycles. The van der Waals surface area contributed by atoms with Crippen molar-refractivity contribution in [1.82, 2.24) is 5.32 Å². The van der Waals surface area contributed by atoms with Crippen molar-refractivity contribution in [2.75, 3.05) is 11.9 Å². The van der Waals surface area contributed by atoms with Crippen molar-refractivity contribution in [1.29, 1.82) is 0 Å². The number of nitrogens with one attached hydrogen (secondary N) is 1. The molecule has 2 unspecified atom stereocenters. The summed E-state index contributed by atoms with van der Waals surface area (Å²) in [6, 6.07) is 7.35. The van der Waals surface area contributed by atoms with Gasteiger partial charge in [0, 0.05) is 24.7 Å². The van der Waals surface area contributed by atoms with Crippen LogP contribution in [0.15, 0.2) is 35.7 Å². The van der Waals surface area contributed by atoms with Gasteiger partial charge < -0.3 is 20.4 Å². The molecule has 2 atom stereocenters. The normalized spacial score (nSPS) is 25.4. The first-order valence-corrected chi connectivity index (χ1v) is 6.80. The van der Waals surface area contributed by atoms with Crippen LogP contribution in [0, 0.1) is 0 Å². The molecule has 0 spiro atoms. The van der Waals surface area contributed by atoms with Crippen LogP contribution >= 0.6 is 0 Å². The smallest absolute Gasteiger partial charge is 0.326 e. The number of aliphatic hydroxyl groups is 1. The summed E-state index contributed by atoms with van der Waals surface area (Å²) in [5.41, 5.74) is 3.09. The van der Waals surface area contributed by atoms with Crippen molar-refractivity contribution in [2.45, 2.75) is 31.4 Å². The maximum atomic E-state index is 11.3. The van der Waals surface area contributed by atoms with Crippen LogP contribution in [0.1, 0.15) is 18.4 Å². The highest BCUT2D eigenvalue weighted by Gasteiger charge is 2.33. The molecule has 0 fully saturated rings. The number of rotatable bonds is 1. The van der Waals surface area contributed by atoms with Gasteiger partial charge in [-0.2, -0.15) is 0 Å². The summed E-state index contributed by atoms with van der Waals surface area (Å²) in [5.74, 6) is -0.140. The van der Waals surface area contributed by atoms with Gasteiger partial charge in [0.1, 0.15) is 11.9 Å². The number of hydrogen-bond donors (Lipinski definition) is 3. The molecule has 0 amide bonds. The molecule has 3 rings (SSSR count). The van der Waals surface area contributed by atoms with Crippen LogP contribution in [0.5, 0.6) is 0 Å². The minimum absolute atomic E-state index is 0.424. The molecule has 1 aromatic rings. The molecule has 2 aliphatic rings. The number of nitrogens with zero attached hydrogens (tertiary/aromatic N) is 1. The van der Waals surface area contributed by atoms with E-state index in [0.29, 0.717) is 19.3 Å². The SMILES string of the molecule is CN1C2=C(Cc3ccccc31)C(O)CCC(C(=O)O)N2. The summed E-state index contributed by atoms with van der Waals surface area (Å²) in [7, 11) is 1.90. The molecule has 5 heteroatoms. The lowest BCUT2D eigenvalue weighted by Gasteiger charge is -2.34. The Kier molecular flexibility index (Phi) is 3.14. The summed E-state index contributed by atoms with van der Waals surface area (Å²) < 4.78 is 0. The first-order valence-electron chi connectivity index (χ1n) is 6.80. The zero-order chi connectivity index (χ0) is 14.3. The number of carbonyl (C=O) groups is 1. The Balaban J connectivity index is 2.02. The van der Waals surface area contributed by atoms with Gasteiger partial charge in [0.15, 0.2) is 0 Å². The van der Waals surface area contributed by atoms with Crippen molar-refractivity contribution < 1.29 is 15.0 Å². The van der Waals surface area contributed by atoms with Crippen LogP contribution in [0.25, 0.3) is 0 Å². The number of para-hydroxylation sites is 1. The topological polar surface area (TPSA) is 72.8 Å². The molecule has 2 aliphatic heterocycles. The van der Waals surface area contributed by atoms with Gasteiger partial charge in [-0.25, -0.2) is 4.79 Å². The van der Waals surface area contributed by atoms with Crippen molar-refractivity contribution in [3.8, 4) is 0 Å². The van der Waals surface area contributed by atoms with Crippen LogP contribution in [0.4, 0.5) is 5.69 Å². The van der Waals surface area contributed by atoms with Crippen molar-refractivity contribution in [2.24, 2.45) is 0 Å². The van der Waals surface area contributed by atoms with E-state index in [1.54, 1.807) is 0 Å². The third-order valence-corrected chi connectivity index (χ3v) is 4.11. The standard InChI is InChI=1S/C15H18N2O3/c1-17-12-5-3-2-4-9(12)8-10-13(18)7-6-11(15(19)20)16-14(10)17/h2-5,11,13,16,18H,6-8H2,1H3,(H,19,20). The van der Waals surface area contributed by atoms with E-state index in [9.17, 15) is 15.0 Å². The van der Waals surface area contributed by atoms with Crippen LogP contribution in [-0.2, 0) is 11.2 Å². The fourth-order valence-electron chi connectivity index (χ4n) is 3.00. The Hall–Kier alpha value is -2.01. The highest BCUT2D eigenvalue weighted by Crippen LogP contribution is 2.34. The van der Waals surface area contributed by atoms with Gasteiger partial charge in [-0.15, -0.1) is 0 Å². The third-order valence-electron chi connectivity index (χ3n) is 4.11. The van der Waals surface area contributed by atoms with E-state index in [1.165, 1.54) is 0 Å². The molecular formula is C15H18N2O3. The van der Waals surface area contributed by atoms with Gasteiger partial charge in [-0.3, -0.25) is 0 Å². The lowest BCUT2D eigenvalue weighted by molar-refractivity contribution is -0.139. The number of hydrogen-bond acceptors (Lipinski definition) is 4. The van der Waals surface area contributed by atoms with E-state index >= 15 is 0 Å². The number of aliphatic carboxylic acids is 1. The summed E-state index contributed by atoms with van der Waals surface area (Å²) >= 11 is 0. The minimum atomic E-state index is -0.877. The quantitative estimate of drug-likeness (QED) is 0.715. The van der Waals surface area contributed by atoms with E-state index in [-0.39, 0.29) is 0 Å². The Morgan fingerprint density at radius 2 is 2.10 bits per heavy atom. The minimum Gasteiger partial charge on any atom is -0.480 e. The van der Waals surface area contributed by atoms with Gasteiger partial charge in [-0.05, 0) is 24.5 Å². The highest BCUT2D eigenvalue weighted by atomic mass is 16.4. The maximum absolute atomic E-state index is 11.3. The second kappa shape index (κ2) is 4.83. The molecule has 20 heavy (non-hydrogen) atoms. The lowest BCUT2D eigenvalue weighted by atomic mass is 9.93. The summed E-state index contributed by atoms with van der Waals surface area (Å²) in [5, 5.41) is 22.6. The third kappa shape index (κ3) is 2.04. The highest BCUT2D eigenvalue weighted by molar-refractivity contribution is 5.74. The molecule has 0 radical (unpaired) electrons. The average molecular weight is 274 g/mol. The first-order chi connectivity index (χ1) is 9.58. The van der Waals surface area contributed by atoms with E-state index < -0.39 is 18.1 Å². The molecule has 106 valence electrons. The van der Waals surface area contributed by atoms with E-state index in [0.717, 1.165) is 22.6 Å². The Morgan fingerprint density at radius 1 is 1.35 bits per heavy atom. The number of carboxylic acid groups (broad SMARTS) is 1. The van der Waals surface area contributed by atoms with Crippen LogP contribution < -0.4 is 10.2 Å². The average Bonchev–Trinajstić information content (AvgIpc) is 2.60. The number of benzene rings is 1. The number of anilines is 1. The first kappa shape index (κ1) is 13.0. The number of carboxylic acids is 1. The fraction of sp³-hybridized carbons (Fsp3) is 0.400. The van der Waals surface area contributed by atoms with Gasteiger partial charge in [0.25, 0.3) is 0 Å². The van der Waals surface area contributed by atoms with E-state index in [2.05, 4.69) is 5.32 Å². The van der Waals surface area contributed by atoms with Gasteiger partial charge in [0.05, 0.1) is 6.10 Å². The van der Waals surface area contributed by atoms with Crippen molar-refractivity contribution in [3.05, 3.63) is 41.2 Å². The zero-order valence-corrected chi connectivity index (χ0v) is 11.3. The van der Waals surface area contributed by atoms with Crippen molar-refractivity contribution >= 4 is 11.7 Å². The summed E-state index contributed by atoms with van der Waals surface area (Å²) in [6.45, 7) is 0. The lowest BCUT2D eigenvalue weighted by Crippen LogP contribution is -2.42. The zero-order valence-electron chi connectivity index (χ0n) is 11.3. The molecule has 0 aromatic heterocycles. The van der Waals surface area contributed by atoms with E-state index in [4.69, 9.17) is 0 Å². The monoisotopic (exact) mass is 274 g/mol. The predicted octanol–water partition coefficient (Wildman–Crippen LogP) is 1.09. The van der Waals surface area contributed by atoms with Gasteiger partial charge >= 0.3 is 5.97 Å². The van der Waals surface area contributed by atoms with Crippen LogP contribution in [0.3, 0.4) is 0 Å². The molecule has 2 heterocycles. The fourth-order valence-corrected chi connectivity index (χ4v) is 3.00. The maximum Gasteiger partial charge on any atom is 0.326 e. The van der Waals surface area contributed by atoms with Crippen LogP contribution in [0.2, 0.25) is 0 Å². The Morgan fingerprint density at radius 3 is 2.85 bits per heavy atom. The van der Waals surface area contributed by atoms with Gasteiger partial charge in [0.2, 0.25) is 0 Å². The molecule has 0 aliphatic carbocycles. The summed E-state index contributed by atoms with van der Waals surface area (Å²) in [4.78, 5) is 13.2. The molecule has 0 bridgehead atoms. The number of fused-ring (bicyclic) bond motifs is 1. The molecule has 0 saturated carbocycles. The second-order valence-electron chi connectivity index (χ2n) is 5.37. The Labute approximate surface area is 117 Å². The molecular weight excluding hydrogens is 256 g/mol.